The van der Waals surface area contributed by atoms with E-state index in [4.69, 9.17) is 4.42 Å². The number of rotatable bonds is 8. The minimum absolute atomic E-state index is 0.00275. The average molecular weight is 706 g/mol. The molecule has 0 spiro atoms. The Balaban J connectivity index is 1.07. The van der Waals surface area contributed by atoms with Crippen molar-refractivity contribution in [3.05, 3.63) is 129 Å². The molecule has 0 radical (unpaired) electrons. The average Bonchev–Trinajstić information content (AvgIpc) is 3.76. The number of halogens is 1. The Morgan fingerprint density at radius 2 is 1.60 bits per heavy atom. The van der Waals surface area contributed by atoms with E-state index in [1.165, 1.54) is 0 Å². The molecule has 7 rings (SSSR count). The molecule has 1 aliphatic rings. The van der Waals surface area contributed by atoms with Gasteiger partial charge in [0.25, 0.3) is 11.5 Å². The highest BCUT2D eigenvalue weighted by atomic mass is 79.9. The lowest BCUT2D eigenvalue weighted by molar-refractivity contribution is 0.0263. The Morgan fingerprint density at radius 3 is 2.31 bits per heavy atom. The number of hydrogen-bond acceptors (Lipinski definition) is 8. The van der Waals surface area contributed by atoms with Crippen LogP contribution < -0.4 is 5.56 Å². The van der Waals surface area contributed by atoms with Gasteiger partial charge in [-0.15, -0.1) is 5.10 Å². The standard InChI is InChI=1S/C36H33BrN8O3/c1-23-18-43(36(47)33-32(25-10-5-3-6-11-25)34(40-41-35(33)46)26-12-7-4-8-13-26)19-24(2)45(23)21-29-20-44(42-39-29)22-31-38-17-30(48-31)27-14-9-15-28(37)16-27/h3-17,20,23-24H,18-19,21-22H2,1-2H3,(H,41,46)/t23-,24+. The van der Waals surface area contributed by atoms with Gasteiger partial charge in [-0.2, -0.15) is 5.10 Å². The number of piperazine rings is 1. The summed E-state index contributed by atoms with van der Waals surface area (Å²) in [7, 11) is 0. The number of amides is 1. The van der Waals surface area contributed by atoms with Crippen molar-refractivity contribution in [1.82, 2.24) is 40.0 Å². The minimum Gasteiger partial charge on any atom is -0.439 e. The first-order valence-corrected chi connectivity index (χ1v) is 16.5. The maximum atomic E-state index is 14.3. The number of oxazole rings is 1. The van der Waals surface area contributed by atoms with Crippen LogP contribution in [0.5, 0.6) is 0 Å². The summed E-state index contributed by atoms with van der Waals surface area (Å²) in [5.41, 5.74) is 3.99. The van der Waals surface area contributed by atoms with E-state index in [2.05, 4.69) is 60.2 Å². The second-order valence-electron chi connectivity index (χ2n) is 12.0. The van der Waals surface area contributed by atoms with E-state index in [-0.39, 0.29) is 23.6 Å². The molecule has 1 aliphatic heterocycles. The van der Waals surface area contributed by atoms with Crippen LogP contribution in [0, 0.1) is 0 Å². The van der Waals surface area contributed by atoms with Gasteiger partial charge in [-0.3, -0.25) is 14.5 Å². The Morgan fingerprint density at radius 1 is 0.917 bits per heavy atom. The van der Waals surface area contributed by atoms with Crippen molar-refractivity contribution in [2.75, 3.05) is 13.1 Å². The van der Waals surface area contributed by atoms with Gasteiger partial charge in [-0.1, -0.05) is 93.9 Å². The maximum absolute atomic E-state index is 14.3. The summed E-state index contributed by atoms with van der Waals surface area (Å²) in [5.74, 6) is 0.904. The smallest absolute Gasteiger partial charge is 0.277 e. The molecule has 0 saturated carbocycles. The van der Waals surface area contributed by atoms with Gasteiger partial charge in [-0.05, 0) is 31.5 Å². The van der Waals surface area contributed by atoms with Gasteiger partial charge in [0.05, 0.1) is 23.8 Å². The predicted molar refractivity (Wildman–Crippen MR) is 185 cm³/mol. The van der Waals surface area contributed by atoms with Crippen LogP contribution in [0.25, 0.3) is 33.7 Å². The van der Waals surface area contributed by atoms with Crippen molar-refractivity contribution in [3.63, 3.8) is 0 Å². The van der Waals surface area contributed by atoms with Crippen LogP contribution in [0.3, 0.4) is 0 Å². The number of aromatic amines is 1. The lowest BCUT2D eigenvalue weighted by atomic mass is 9.94. The van der Waals surface area contributed by atoms with E-state index in [0.717, 1.165) is 26.9 Å². The zero-order valence-corrected chi connectivity index (χ0v) is 28.0. The Labute approximate surface area is 285 Å². The number of nitrogens with one attached hydrogen (secondary N) is 1. The van der Waals surface area contributed by atoms with E-state index in [9.17, 15) is 9.59 Å². The van der Waals surface area contributed by atoms with E-state index in [1.54, 1.807) is 15.8 Å². The lowest BCUT2D eigenvalue weighted by Crippen LogP contribution is -2.58. The summed E-state index contributed by atoms with van der Waals surface area (Å²) >= 11 is 3.49. The van der Waals surface area contributed by atoms with Crippen LogP contribution >= 0.6 is 15.9 Å². The molecule has 6 aromatic rings. The molecular weight excluding hydrogens is 672 g/mol. The Hall–Kier alpha value is -5.20. The molecule has 1 N–H and O–H groups in total. The molecular formula is C36H33BrN8O3. The predicted octanol–water partition coefficient (Wildman–Crippen LogP) is 5.90. The minimum atomic E-state index is -0.507. The molecule has 12 heteroatoms. The number of nitrogens with zero attached hydrogens (tertiary/aromatic N) is 7. The molecule has 3 aromatic carbocycles. The normalized spacial score (nSPS) is 16.7. The van der Waals surface area contributed by atoms with Gasteiger partial charge in [0.1, 0.15) is 12.1 Å². The molecule has 2 atom stereocenters. The molecule has 3 aromatic heterocycles. The monoisotopic (exact) mass is 704 g/mol. The topological polar surface area (TPSA) is 126 Å². The van der Waals surface area contributed by atoms with Gasteiger partial charge >= 0.3 is 0 Å². The van der Waals surface area contributed by atoms with E-state index >= 15 is 0 Å². The lowest BCUT2D eigenvalue weighted by Gasteiger charge is -2.44. The fraction of sp³-hybridized carbons (Fsp3) is 0.222. The Bertz CT molecular complexity index is 2100. The van der Waals surface area contributed by atoms with E-state index < -0.39 is 5.56 Å². The molecule has 0 aliphatic carbocycles. The summed E-state index contributed by atoms with van der Waals surface area (Å²) < 4.78 is 8.65. The van der Waals surface area contributed by atoms with Gasteiger partial charge < -0.3 is 9.32 Å². The first-order valence-electron chi connectivity index (χ1n) is 15.7. The van der Waals surface area contributed by atoms with Gasteiger partial charge in [0, 0.05) is 52.9 Å². The molecule has 0 unspecified atom stereocenters. The first-order chi connectivity index (χ1) is 23.3. The molecule has 242 valence electrons. The molecule has 1 fully saturated rings. The summed E-state index contributed by atoms with van der Waals surface area (Å²) in [6.45, 7) is 5.97. The maximum Gasteiger partial charge on any atom is 0.277 e. The van der Waals surface area contributed by atoms with Crippen molar-refractivity contribution < 1.29 is 9.21 Å². The number of carbonyl (C=O) groups is 1. The fourth-order valence-electron chi connectivity index (χ4n) is 6.31. The number of H-pyrrole nitrogens is 1. The molecule has 11 nitrogen and oxygen atoms in total. The van der Waals surface area contributed by atoms with E-state index in [1.807, 2.05) is 91.1 Å². The van der Waals surface area contributed by atoms with Crippen LogP contribution in [0.15, 0.2) is 111 Å². The highest BCUT2D eigenvalue weighted by molar-refractivity contribution is 9.10. The summed E-state index contributed by atoms with van der Waals surface area (Å²) in [5, 5.41) is 15.7. The SMILES string of the molecule is C[C@@H]1CN(C(=O)c2c(-c3ccccc3)c(-c3ccccc3)n[nH]c2=O)C[C@H](C)N1Cc1cn(Cc2ncc(-c3cccc(Br)c3)o2)nn1. The first kappa shape index (κ1) is 31.4. The third kappa shape index (κ3) is 6.49. The third-order valence-electron chi connectivity index (χ3n) is 8.59. The van der Waals surface area contributed by atoms with Gasteiger partial charge in [-0.25, -0.2) is 14.8 Å². The molecule has 4 heterocycles. The summed E-state index contributed by atoms with van der Waals surface area (Å²) in [6, 6.07) is 26.9. The highest BCUT2D eigenvalue weighted by Gasteiger charge is 2.35. The van der Waals surface area contributed by atoms with Crippen molar-refractivity contribution >= 4 is 21.8 Å². The Kier molecular flexibility index (Phi) is 8.83. The number of hydrogen-bond donors (Lipinski definition) is 1. The summed E-state index contributed by atoms with van der Waals surface area (Å²) in [4.78, 5) is 36.1. The van der Waals surface area contributed by atoms with Crippen molar-refractivity contribution in [1.29, 1.82) is 0 Å². The van der Waals surface area contributed by atoms with Crippen LogP contribution in [0.2, 0.25) is 0 Å². The van der Waals surface area contributed by atoms with Gasteiger partial charge in [0.2, 0.25) is 5.89 Å². The van der Waals surface area contributed by atoms with Crippen molar-refractivity contribution in [2.45, 2.75) is 39.0 Å². The van der Waals surface area contributed by atoms with Crippen LogP contribution in [-0.4, -0.2) is 71.1 Å². The molecule has 0 bridgehead atoms. The molecule has 1 saturated heterocycles. The number of aromatic nitrogens is 6. The third-order valence-corrected chi connectivity index (χ3v) is 9.08. The zero-order chi connectivity index (χ0) is 33.2. The molecule has 48 heavy (non-hydrogen) atoms. The largest absolute Gasteiger partial charge is 0.439 e. The van der Waals surface area contributed by atoms with Crippen molar-refractivity contribution in [3.8, 4) is 33.7 Å². The van der Waals surface area contributed by atoms with Gasteiger partial charge in [0.15, 0.2) is 5.76 Å². The highest BCUT2D eigenvalue weighted by Crippen LogP contribution is 2.33. The summed E-state index contributed by atoms with van der Waals surface area (Å²) in [6.07, 6.45) is 3.61. The van der Waals surface area contributed by atoms with Crippen LogP contribution in [0.1, 0.15) is 35.8 Å². The van der Waals surface area contributed by atoms with Crippen molar-refractivity contribution in [2.24, 2.45) is 0 Å². The number of carbonyl (C=O) groups excluding carboxylic acids is 1. The second-order valence-corrected chi connectivity index (χ2v) is 12.9. The van der Waals surface area contributed by atoms with Crippen LogP contribution in [-0.2, 0) is 13.1 Å². The van der Waals surface area contributed by atoms with E-state index in [0.29, 0.717) is 49.1 Å². The van der Waals surface area contributed by atoms with Crippen LogP contribution in [0.4, 0.5) is 0 Å². The quantitative estimate of drug-likeness (QED) is 0.208. The zero-order valence-electron chi connectivity index (χ0n) is 26.5. The fourth-order valence-corrected chi connectivity index (χ4v) is 6.71. The second kappa shape index (κ2) is 13.5. The number of benzene rings is 3. The molecule has 1 amide bonds.